The Labute approximate surface area is 105 Å². The van der Waals surface area contributed by atoms with Crippen molar-refractivity contribution < 1.29 is 28.5 Å². The summed E-state index contributed by atoms with van der Waals surface area (Å²) in [5.41, 5.74) is 0. The summed E-state index contributed by atoms with van der Waals surface area (Å²) in [5, 5.41) is 0. The molecular formula is C12H18O6. The average molecular weight is 258 g/mol. The van der Waals surface area contributed by atoms with Crippen molar-refractivity contribution in [2.45, 2.75) is 63.7 Å². The van der Waals surface area contributed by atoms with E-state index in [0.717, 1.165) is 0 Å². The lowest BCUT2D eigenvalue weighted by Crippen LogP contribution is -2.40. The van der Waals surface area contributed by atoms with Gasteiger partial charge in [0, 0.05) is 0 Å². The first kappa shape index (κ1) is 12.3. The normalized spacial score (nSPS) is 45.0. The van der Waals surface area contributed by atoms with Gasteiger partial charge in [0.2, 0.25) is 0 Å². The highest BCUT2D eigenvalue weighted by atomic mass is 16.8. The number of cyclic esters (lactones) is 1. The summed E-state index contributed by atoms with van der Waals surface area (Å²) >= 11 is 0. The number of carbonyl (C=O) groups is 1. The molecule has 0 aromatic heterocycles. The molecule has 3 rings (SSSR count). The van der Waals surface area contributed by atoms with Crippen molar-refractivity contribution in [2.75, 3.05) is 6.61 Å². The van der Waals surface area contributed by atoms with Crippen LogP contribution in [0.3, 0.4) is 0 Å². The Morgan fingerprint density at radius 3 is 2.33 bits per heavy atom. The van der Waals surface area contributed by atoms with E-state index in [4.69, 9.17) is 23.7 Å². The van der Waals surface area contributed by atoms with Gasteiger partial charge in [0.05, 0.1) is 6.61 Å². The Morgan fingerprint density at radius 2 is 1.72 bits per heavy atom. The lowest BCUT2D eigenvalue weighted by Gasteiger charge is -2.25. The van der Waals surface area contributed by atoms with E-state index in [1.807, 2.05) is 13.8 Å². The van der Waals surface area contributed by atoms with Gasteiger partial charge in [-0.3, -0.25) is 0 Å². The number of esters is 1. The predicted octanol–water partition coefficient (Wildman–Crippen LogP) is 0.583. The van der Waals surface area contributed by atoms with Gasteiger partial charge in [0.25, 0.3) is 0 Å². The van der Waals surface area contributed by atoms with Crippen LogP contribution in [-0.2, 0) is 28.5 Å². The molecule has 3 aliphatic heterocycles. The molecule has 0 radical (unpaired) electrons. The van der Waals surface area contributed by atoms with Gasteiger partial charge in [-0.15, -0.1) is 0 Å². The van der Waals surface area contributed by atoms with Gasteiger partial charge in [-0.2, -0.15) is 0 Å². The van der Waals surface area contributed by atoms with E-state index in [1.54, 1.807) is 13.8 Å². The Morgan fingerprint density at radius 1 is 1.00 bits per heavy atom. The highest BCUT2D eigenvalue weighted by Crippen LogP contribution is 2.39. The number of rotatable bonds is 1. The van der Waals surface area contributed by atoms with Crippen molar-refractivity contribution in [1.82, 2.24) is 0 Å². The molecule has 0 spiro atoms. The Kier molecular flexibility index (Phi) is 2.51. The first-order valence-corrected chi connectivity index (χ1v) is 6.15. The van der Waals surface area contributed by atoms with E-state index in [1.165, 1.54) is 0 Å². The minimum atomic E-state index is -0.762. The molecule has 3 heterocycles. The van der Waals surface area contributed by atoms with Crippen LogP contribution < -0.4 is 0 Å². The van der Waals surface area contributed by atoms with Crippen LogP contribution in [0.2, 0.25) is 0 Å². The molecule has 6 heteroatoms. The predicted molar refractivity (Wildman–Crippen MR) is 58.6 cm³/mol. The summed E-state index contributed by atoms with van der Waals surface area (Å²) in [4.78, 5) is 11.7. The number of fused-ring (bicyclic) bond motifs is 1. The van der Waals surface area contributed by atoms with Crippen LogP contribution in [0.4, 0.5) is 0 Å². The van der Waals surface area contributed by atoms with Gasteiger partial charge in [-0.1, -0.05) is 0 Å². The summed E-state index contributed by atoms with van der Waals surface area (Å²) in [6.45, 7) is 7.61. The van der Waals surface area contributed by atoms with Gasteiger partial charge >= 0.3 is 5.97 Å². The molecule has 3 fully saturated rings. The maximum absolute atomic E-state index is 11.7. The van der Waals surface area contributed by atoms with Crippen molar-refractivity contribution in [1.29, 1.82) is 0 Å². The van der Waals surface area contributed by atoms with Crippen LogP contribution in [0.25, 0.3) is 0 Å². The van der Waals surface area contributed by atoms with E-state index >= 15 is 0 Å². The van der Waals surface area contributed by atoms with E-state index in [2.05, 4.69) is 0 Å². The fourth-order valence-electron chi connectivity index (χ4n) is 2.64. The van der Waals surface area contributed by atoms with Gasteiger partial charge in [0.1, 0.15) is 12.2 Å². The van der Waals surface area contributed by atoms with Crippen LogP contribution in [0.1, 0.15) is 27.7 Å². The Balaban J connectivity index is 1.77. The molecular weight excluding hydrogens is 240 g/mol. The molecule has 0 amide bonds. The maximum atomic E-state index is 11.7. The second kappa shape index (κ2) is 3.66. The largest absolute Gasteiger partial charge is 0.455 e. The minimum Gasteiger partial charge on any atom is -0.455 e. The molecule has 3 saturated heterocycles. The average Bonchev–Trinajstić information content (AvgIpc) is 2.81. The summed E-state index contributed by atoms with van der Waals surface area (Å²) in [6.07, 6.45) is -1.85. The van der Waals surface area contributed by atoms with Gasteiger partial charge in [-0.05, 0) is 27.7 Å². The zero-order valence-corrected chi connectivity index (χ0v) is 11.0. The quantitative estimate of drug-likeness (QED) is 0.641. The molecule has 102 valence electrons. The molecule has 0 aromatic carbocycles. The fraction of sp³-hybridized carbons (Fsp3) is 0.917. The van der Waals surface area contributed by atoms with Gasteiger partial charge < -0.3 is 23.7 Å². The molecule has 0 aromatic rings. The van der Waals surface area contributed by atoms with Crippen molar-refractivity contribution in [3.05, 3.63) is 0 Å². The molecule has 0 N–H and O–H groups in total. The highest BCUT2D eigenvalue weighted by molar-refractivity contribution is 5.78. The van der Waals surface area contributed by atoms with Crippen LogP contribution in [0.5, 0.6) is 0 Å². The van der Waals surface area contributed by atoms with Crippen molar-refractivity contribution in [2.24, 2.45) is 0 Å². The topological polar surface area (TPSA) is 63.2 Å². The maximum Gasteiger partial charge on any atom is 0.338 e. The van der Waals surface area contributed by atoms with Crippen molar-refractivity contribution >= 4 is 5.97 Å². The molecule has 4 atom stereocenters. The second-order valence-corrected chi connectivity index (χ2v) is 5.79. The summed E-state index contributed by atoms with van der Waals surface area (Å²) in [5.74, 6) is -1.80. The SMILES string of the molecule is CC1(C)OC2C(=O)OC([C@H]3COC(C)(C)O3)C2O1. The molecule has 3 aliphatic rings. The highest BCUT2D eigenvalue weighted by Gasteiger charge is 2.59. The smallest absolute Gasteiger partial charge is 0.338 e. The third kappa shape index (κ3) is 1.93. The fourth-order valence-corrected chi connectivity index (χ4v) is 2.64. The molecule has 6 nitrogen and oxygen atoms in total. The summed E-state index contributed by atoms with van der Waals surface area (Å²) < 4.78 is 27.8. The van der Waals surface area contributed by atoms with Crippen molar-refractivity contribution in [3.63, 3.8) is 0 Å². The molecule has 0 saturated carbocycles. The Bertz CT molecular complexity index is 377. The first-order chi connectivity index (χ1) is 8.27. The van der Waals surface area contributed by atoms with Crippen molar-refractivity contribution in [3.8, 4) is 0 Å². The lowest BCUT2D eigenvalue weighted by atomic mass is 10.1. The number of hydrogen-bond acceptors (Lipinski definition) is 6. The monoisotopic (exact) mass is 258 g/mol. The minimum absolute atomic E-state index is 0.309. The zero-order valence-electron chi connectivity index (χ0n) is 11.0. The van der Waals surface area contributed by atoms with E-state index in [0.29, 0.717) is 6.61 Å². The van der Waals surface area contributed by atoms with E-state index < -0.39 is 29.9 Å². The van der Waals surface area contributed by atoms with Gasteiger partial charge in [0.15, 0.2) is 23.8 Å². The summed E-state index contributed by atoms with van der Waals surface area (Å²) in [6, 6.07) is 0. The number of carbonyl (C=O) groups excluding carboxylic acids is 1. The number of hydrogen-bond donors (Lipinski definition) is 0. The van der Waals surface area contributed by atoms with Gasteiger partial charge in [-0.25, -0.2) is 4.79 Å². The first-order valence-electron chi connectivity index (χ1n) is 6.15. The van der Waals surface area contributed by atoms with Crippen LogP contribution in [0, 0.1) is 0 Å². The molecule has 0 aliphatic carbocycles. The lowest BCUT2D eigenvalue weighted by molar-refractivity contribution is -0.200. The third-order valence-electron chi connectivity index (χ3n) is 3.33. The zero-order chi connectivity index (χ0) is 13.1. The van der Waals surface area contributed by atoms with Crippen LogP contribution >= 0.6 is 0 Å². The second-order valence-electron chi connectivity index (χ2n) is 5.79. The summed E-state index contributed by atoms with van der Waals surface area (Å²) in [7, 11) is 0. The van der Waals surface area contributed by atoms with Crippen LogP contribution in [0.15, 0.2) is 0 Å². The van der Waals surface area contributed by atoms with E-state index in [-0.39, 0.29) is 12.1 Å². The van der Waals surface area contributed by atoms with Crippen LogP contribution in [-0.4, -0.2) is 48.6 Å². The molecule has 0 bridgehead atoms. The molecule has 3 unspecified atom stereocenters. The standard InChI is InChI=1S/C12H18O6/c1-11(2)14-5-6(16-11)7-8-9(10(13)15-7)18-12(3,4)17-8/h6-9H,5H2,1-4H3/t6-,7?,8?,9?/m1/s1. The number of ether oxygens (including phenoxy) is 5. The third-order valence-corrected chi connectivity index (χ3v) is 3.33. The Hall–Kier alpha value is -0.690. The van der Waals surface area contributed by atoms with E-state index in [9.17, 15) is 4.79 Å². The molecule has 18 heavy (non-hydrogen) atoms.